The summed E-state index contributed by atoms with van der Waals surface area (Å²) in [4.78, 5) is 28.6. The number of para-hydroxylation sites is 1. The second-order valence-electron chi connectivity index (χ2n) is 4.84. The molecule has 1 fully saturated rings. The summed E-state index contributed by atoms with van der Waals surface area (Å²) < 4.78 is 0. The van der Waals surface area contributed by atoms with Crippen molar-refractivity contribution < 1.29 is 14.7 Å². The number of fused-ring (bicyclic) bond motifs is 1. The number of nitrogens with zero attached hydrogens (tertiary/aromatic N) is 2. The Hall–Kier alpha value is -2.63. The number of carbonyl (C=O) groups is 2. The van der Waals surface area contributed by atoms with E-state index in [0.717, 1.165) is 10.9 Å². The summed E-state index contributed by atoms with van der Waals surface area (Å²) >= 11 is 0. The van der Waals surface area contributed by atoms with Gasteiger partial charge in [0.2, 0.25) is 0 Å². The fraction of sp³-hybridized carbons (Fsp3) is 0.214. The van der Waals surface area contributed by atoms with Crippen molar-refractivity contribution in [3.63, 3.8) is 0 Å². The average Bonchev–Trinajstić information content (AvgIpc) is 2.36. The van der Waals surface area contributed by atoms with Crippen LogP contribution in [0.5, 0.6) is 0 Å². The molecule has 6 nitrogen and oxygen atoms in total. The van der Waals surface area contributed by atoms with E-state index in [0.29, 0.717) is 24.3 Å². The van der Waals surface area contributed by atoms with E-state index in [2.05, 4.69) is 4.98 Å². The normalized spacial score (nSPS) is 15.1. The van der Waals surface area contributed by atoms with Gasteiger partial charge in [0.1, 0.15) is 0 Å². The molecule has 1 aromatic carbocycles. The van der Waals surface area contributed by atoms with Crippen LogP contribution in [0.3, 0.4) is 0 Å². The van der Waals surface area contributed by atoms with Crippen LogP contribution in [0.25, 0.3) is 10.9 Å². The van der Waals surface area contributed by atoms with E-state index in [9.17, 15) is 9.59 Å². The Kier molecular flexibility index (Phi) is 2.78. The largest absolute Gasteiger partial charge is 0.481 e. The number of benzene rings is 1. The fourth-order valence-corrected chi connectivity index (χ4v) is 2.47. The number of rotatable bonds is 3. The molecule has 0 bridgehead atoms. The van der Waals surface area contributed by atoms with E-state index in [-0.39, 0.29) is 0 Å². The highest BCUT2D eigenvalue weighted by molar-refractivity contribution is 6.07. The van der Waals surface area contributed by atoms with Gasteiger partial charge >= 0.3 is 5.97 Å². The quantitative estimate of drug-likeness (QED) is 0.862. The van der Waals surface area contributed by atoms with E-state index in [1.54, 1.807) is 0 Å². The molecule has 1 amide bonds. The van der Waals surface area contributed by atoms with Crippen LogP contribution in [0.2, 0.25) is 0 Å². The number of carbonyl (C=O) groups excluding carboxylic acids is 1. The summed E-state index contributed by atoms with van der Waals surface area (Å²) in [6.45, 7) is 0.757. The lowest BCUT2D eigenvalue weighted by Crippen LogP contribution is -2.51. The molecule has 1 saturated heterocycles. The minimum Gasteiger partial charge on any atom is -0.481 e. The maximum Gasteiger partial charge on any atom is 0.310 e. The predicted octanol–water partition coefficient (Wildman–Crippen LogP) is 0.855. The van der Waals surface area contributed by atoms with Gasteiger partial charge in [0, 0.05) is 24.7 Å². The first-order valence-electron chi connectivity index (χ1n) is 6.23. The molecule has 20 heavy (non-hydrogen) atoms. The van der Waals surface area contributed by atoms with Gasteiger partial charge in [-0.25, -0.2) is 0 Å². The van der Waals surface area contributed by atoms with Crippen molar-refractivity contribution in [3.8, 4) is 0 Å². The second-order valence-corrected chi connectivity index (χ2v) is 4.84. The molecule has 1 aliphatic heterocycles. The molecule has 0 radical (unpaired) electrons. The smallest absolute Gasteiger partial charge is 0.310 e. The van der Waals surface area contributed by atoms with Gasteiger partial charge < -0.3 is 15.7 Å². The van der Waals surface area contributed by atoms with Crippen molar-refractivity contribution in [2.75, 3.05) is 18.0 Å². The van der Waals surface area contributed by atoms with Crippen LogP contribution in [0.4, 0.5) is 5.69 Å². The summed E-state index contributed by atoms with van der Waals surface area (Å²) in [6.07, 6.45) is 1.45. The van der Waals surface area contributed by atoms with Crippen molar-refractivity contribution in [1.82, 2.24) is 4.98 Å². The zero-order valence-corrected chi connectivity index (χ0v) is 10.6. The number of hydrogen-bond acceptors (Lipinski definition) is 4. The Morgan fingerprint density at radius 2 is 2.00 bits per heavy atom. The molecule has 3 rings (SSSR count). The van der Waals surface area contributed by atoms with Gasteiger partial charge in [-0.2, -0.15) is 0 Å². The molecule has 3 N–H and O–H groups in total. The van der Waals surface area contributed by atoms with Crippen molar-refractivity contribution in [1.29, 1.82) is 0 Å². The number of aliphatic carboxylic acids is 1. The van der Waals surface area contributed by atoms with E-state index >= 15 is 0 Å². The molecule has 1 aliphatic rings. The van der Waals surface area contributed by atoms with Gasteiger partial charge in [-0.15, -0.1) is 0 Å². The third kappa shape index (κ3) is 1.85. The molecule has 6 heteroatoms. The van der Waals surface area contributed by atoms with Crippen LogP contribution >= 0.6 is 0 Å². The zero-order chi connectivity index (χ0) is 14.3. The van der Waals surface area contributed by atoms with Crippen LogP contribution in [-0.2, 0) is 4.79 Å². The number of pyridine rings is 1. The van der Waals surface area contributed by atoms with Crippen molar-refractivity contribution in [2.24, 2.45) is 11.7 Å². The van der Waals surface area contributed by atoms with Crippen LogP contribution in [-0.4, -0.2) is 35.1 Å². The lowest BCUT2D eigenvalue weighted by atomic mass is 9.96. The molecule has 2 aromatic rings. The van der Waals surface area contributed by atoms with Gasteiger partial charge in [0.15, 0.2) is 0 Å². The molecule has 0 spiro atoms. The molecule has 1 aromatic heterocycles. The summed E-state index contributed by atoms with van der Waals surface area (Å²) in [7, 11) is 0. The standard InChI is InChI=1S/C14H13N3O3/c15-13(18)10-5-16-11-4-2-1-3-9(11)12(10)17-6-8(7-17)14(19)20/h1-5,8H,6-7H2,(H2,15,18)(H,19,20). The lowest BCUT2D eigenvalue weighted by molar-refractivity contribution is -0.142. The SMILES string of the molecule is NC(=O)c1cnc2ccccc2c1N1CC(C(=O)O)C1. The number of aromatic nitrogens is 1. The van der Waals surface area contributed by atoms with E-state index in [4.69, 9.17) is 10.8 Å². The molecule has 2 heterocycles. The number of nitrogens with two attached hydrogens (primary N) is 1. The highest BCUT2D eigenvalue weighted by Crippen LogP contribution is 2.34. The zero-order valence-electron chi connectivity index (χ0n) is 10.6. The maximum absolute atomic E-state index is 11.6. The first kappa shape index (κ1) is 12.4. The topological polar surface area (TPSA) is 96.5 Å². The highest BCUT2D eigenvalue weighted by Gasteiger charge is 2.35. The third-order valence-electron chi connectivity index (χ3n) is 3.56. The highest BCUT2D eigenvalue weighted by atomic mass is 16.4. The summed E-state index contributed by atoms with van der Waals surface area (Å²) in [6, 6.07) is 7.42. The molecular weight excluding hydrogens is 258 g/mol. The first-order chi connectivity index (χ1) is 9.58. The second kappa shape index (κ2) is 4.48. The van der Waals surface area contributed by atoms with Gasteiger partial charge in [0.05, 0.1) is 22.7 Å². The van der Waals surface area contributed by atoms with Gasteiger partial charge in [0.25, 0.3) is 5.91 Å². The van der Waals surface area contributed by atoms with Gasteiger partial charge in [-0.05, 0) is 6.07 Å². The molecule has 0 aliphatic carbocycles. The lowest BCUT2D eigenvalue weighted by Gasteiger charge is -2.39. The Balaban J connectivity index is 2.10. The average molecular weight is 271 g/mol. The van der Waals surface area contributed by atoms with Crippen molar-refractivity contribution >= 4 is 28.5 Å². The minimum atomic E-state index is -0.819. The van der Waals surface area contributed by atoms with E-state index in [1.807, 2.05) is 29.2 Å². The molecule has 0 saturated carbocycles. The monoisotopic (exact) mass is 271 g/mol. The predicted molar refractivity (Wildman–Crippen MR) is 73.6 cm³/mol. The van der Waals surface area contributed by atoms with Crippen molar-refractivity contribution in [2.45, 2.75) is 0 Å². The Morgan fingerprint density at radius 1 is 1.30 bits per heavy atom. The summed E-state index contributed by atoms with van der Waals surface area (Å²) in [5, 5.41) is 9.77. The molecular formula is C14H13N3O3. The van der Waals surface area contributed by atoms with Crippen LogP contribution in [0.1, 0.15) is 10.4 Å². The van der Waals surface area contributed by atoms with Gasteiger partial charge in [-0.3, -0.25) is 14.6 Å². The molecule has 0 atom stereocenters. The number of carboxylic acids is 1. The van der Waals surface area contributed by atoms with E-state index in [1.165, 1.54) is 6.20 Å². The minimum absolute atomic E-state index is 0.326. The fourth-order valence-electron chi connectivity index (χ4n) is 2.47. The van der Waals surface area contributed by atoms with Crippen molar-refractivity contribution in [3.05, 3.63) is 36.0 Å². The number of hydrogen-bond donors (Lipinski definition) is 2. The van der Waals surface area contributed by atoms with Crippen LogP contribution in [0.15, 0.2) is 30.5 Å². The van der Waals surface area contributed by atoms with E-state index < -0.39 is 17.8 Å². The Bertz CT molecular complexity index is 708. The first-order valence-corrected chi connectivity index (χ1v) is 6.23. The Morgan fingerprint density at radius 3 is 2.65 bits per heavy atom. The summed E-state index contributed by atoms with van der Waals surface area (Å²) in [5.41, 5.74) is 7.16. The number of carboxylic acid groups (broad SMARTS) is 1. The van der Waals surface area contributed by atoms with Crippen LogP contribution in [0, 0.1) is 5.92 Å². The number of anilines is 1. The Labute approximate surface area is 114 Å². The van der Waals surface area contributed by atoms with Crippen LogP contribution < -0.4 is 10.6 Å². The third-order valence-corrected chi connectivity index (χ3v) is 3.56. The molecule has 0 unspecified atom stereocenters. The van der Waals surface area contributed by atoms with Gasteiger partial charge in [-0.1, -0.05) is 18.2 Å². The summed E-state index contributed by atoms with van der Waals surface area (Å²) in [5.74, 6) is -1.78. The molecule has 102 valence electrons. The number of amides is 1. The number of primary amides is 1. The maximum atomic E-state index is 11.6.